The maximum Gasteiger partial charge on any atom is 0.268 e. The number of nitrogens with two attached hydrogens (primary N) is 1. The van der Waals surface area contributed by atoms with Crippen LogP contribution in [0.1, 0.15) is 23.3 Å². The Bertz CT molecular complexity index is 339. The molecule has 1 fully saturated rings. The van der Waals surface area contributed by atoms with Crippen molar-refractivity contribution in [1.29, 1.82) is 0 Å². The molecule has 4 nitrogen and oxygen atoms in total. The SMILES string of the molecule is Cn1cccc1C(=O)NC1CC(N)C1. The first-order valence-electron chi connectivity index (χ1n) is 4.84. The summed E-state index contributed by atoms with van der Waals surface area (Å²) >= 11 is 0. The van der Waals surface area contributed by atoms with E-state index in [1.807, 2.05) is 29.9 Å². The number of nitrogens with zero attached hydrogens (tertiary/aromatic N) is 1. The first-order valence-corrected chi connectivity index (χ1v) is 4.84. The summed E-state index contributed by atoms with van der Waals surface area (Å²) in [6.45, 7) is 0. The third-order valence-electron chi connectivity index (χ3n) is 2.69. The van der Waals surface area contributed by atoms with Crippen molar-refractivity contribution in [2.45, 2.75) is 24.9 Å². The predicted octanol–water partition coefficient (Wildman–Crippen LogP) is 0.245. The zero-order valence-corrected chi connectivity index (χ0v) is 8.23. The molecular formula is C10H15N3O. The molecule has 1 amide bonds. The highest BCUT2D eigenvalue weighted by Gasteiger charge is 2.27. The molecule has 14 heavy (non-hydrogen) atoms. The van der Waals surface area contributed by atoms with E-state index in [1.54, 1.807) is 0 Å². The smallest absolute Gasteiger partial charge is 0.268 e. The Morgan fingerprint density at radius 1 is 1.64 bits per heavy atom. The minimum Gasteiger partial charge on any atom is -0.348 e. The number of amides is 1. The van der Waals surface area contributed by atoms with Crippen molar-refractivity contribution in [1.82, 2.24) is 9.88 Å². The van der Waals surface area contributed by atoms with Crippen LogP contribution >= 0.6 is 0 Å². The molecule has 0 saturated heterocycles. The van der Waals surface area contributed by atoms with E-state index in [0.29, 0.717) is 5.69 Å². The molecule has 1 aliphatic carbocycles. The average molecular weight is 193 g/mol. The number of rotatable bonds is 2. The van der Waals surface area contributed by atoms with Gasteiger partial charge in [-0.15, -0.1) is 0 Å². The summed E-state index contributed by atoms with van der Waals surface area (Å²) in [5, 5.41) is 2.95. The second kappa shape index (κ2) is 3.46. The van der Waals surface area contributed by atoms with E-state index in [-0.39, 0.29) is 18.0 Å². The molecule has 1 aromatic heterocycles. The van der Waals surface area contributed by atoms with Gasteiger partial charge in [-0.1, -0.05) is 0 Å². The minimum absolute atomic E-state index is 0.00519. The monoisotopic (exact) mass is 193 g/mol. The van der Waals surface area contributed by atoms with Gasteiger partial charge in [-0.25, -0.2) is 0 Å². The summed E-state index contributed by atoms with van der Waals surface area (Å²) in [4.78, 5) is 11.7. The number of aryl methyl sites for hydroxylation is 1. The molecule has 4 heteroatoms. The Balaban J connectivity index is 1.93. The van der Waals surface area contributed by atoms with E-state index in [4.69, 9.17) is 5.73 Å². The van der Waals surface area contributed by atoms with Crippen LogP contribution < -0.4 is 11.1 Å². The highest BCUT2D eigenvalue weighted by molar-refractivity contribution is 5.92. The van der Waals surface area contributed by atoms with Crippen LogP contribution in [-0.4, -0.2) is 22.6 Å². The van der Waals surface area contributed by atoms with Crippen LogP contribution in [0.15, 0.2) is 18.3 Å². The molecule has 0 radical (unpaired) electrons. The molecule has 1 aliphatic rings. The van der Waals surface area contributed by atoms with Crippen LogP contribution in [0.2, 0.25) is 0 Å². The van der Waals surface area contributed by atoms with Crippen LogP contribution in [-0.2, 0) is 7.05 Å². The summed E-state index contributed by atoms with van der Waals surface area (Å²) < 4.78 is 1.81. The highest BCUT2D eigenvalue weighted by Crippen LogP contribution is 2.17. The van der Waals surface area contributed by atoms with E-state index >= 15 is 0 Å². The average Bonchev–Trinajstić information content (AvgIpc) is 2.48. The van der Waals surface area contributed by atoms with E-state index in [1.165, 1.54) is 0 Å². The Hall–Kier alpha value is -1.29. The van der Waals surface area contributed by atoms with Crippen molar-refractivity contribution >= 4 is 5.91 Å². The standard InChI is InChI=1S/C10H15N3O/c1-13-4-2-3-9(13)10(14)12-8-5-7(11)6-8/h2-4,7-8H,5-6,11H2,1H3,(H,12,14). The summed E-state index contributed by atoms with van der Waals surface area (Å²) in [6.07, 6.45) is 3.66. The Labute approximate surface area is 83.1 Å². The number of hydrogen-bond donors (Lipinski definition) is 2. The largest absolute Gasteiger partial charge is 0.348 e. The molecule has 0 unspecified atom stereocenters. The first kappa shape index (κ1) is 9.27. The van der Waals surface area contributed by atoms with E-state index in [2.05, 4.69) is 5.32 Å². The Kier molecular flexibility index (Phi) is 2.29. The van der Waals surface area contributed by atoms with Gasteiger partial charge in [-0.3, -0.25) is 4.79 Å². The number of aromatic nitrogens is 1. The molecule has 0 atom stereocenters. The van der Waals surface area contributed by atoms with Crippen LogP contribution in [0.5, 0.6) is 0 Å². The molecular weight excluding hydrogens is 178 g/mol. The third kappa shape index (κ3) is 1.65. The van der Waals surface area contributed by atoms with Crippen molar-refractivity contribution in [3.05, 3.63) is 24.0 Å². The zero-order chi connectivity index (χ0) is 10.1. The van der Waals surface area contributed by atoms with Crippen molar-refractivity contribution in [3.8, 4) is 0 Å². The number of hydrogen-bond acceptors (Lipinski definition) is 2. The summed E-state index contributed by atoms with van der Waals surface area (Å²) in [5.74, 6) is -0.00519. The molecule has 0 aliphatic heterocycles. The van der Waals surface area contributed by atoms with Gasteiger partial charge in [0.1, 0.15) is 5.69 Å². The number of nitrogens with one attached hydrogen (secondary N) is 1. The van der Waals surface area contributed by atoms with Gasteiger partial charge in [0, 0.05) is 25.3 Å². The fourth-order valence-electron chi connectivity index (χ4n) is 1.74. The van der Waals surface area contributed by atoms with Gasteiger partial charge < -0.3 is 15.6 Å². The first-order chi connectivity index (χ1) is 6.66. The van der Waals surface area contributed by atoms with Crippen LogP contribution in [0.4, 0.5) is 0 Å². The van der Waals surface area contributed by atoms with Gasteiger partial charge in [0.25, 0.3) is 5.91 Å². The molecule has 1 saturated carbocycles. The van der Waals surface area contributed by atoms with Gasteiger partial charge in [0.15, 0.2) is 0 Å². The molecule has 0 aromatic carbocycles. The zero-order valence-electron chi connectivity index (χ0n) is 8.23. The summed E-state index contributed by atoms with van der Waals surface area (Å²) in [7, 11) is 1.86. The van der Waals surface area contributed by atoms with Gasteiger partial charge >= 0.3 is 0 Å². The van der Waals surface area contributed by atoms with Crippen LogP contribution in [0, 0.1) is 0 Å². The van der Waals surface area contributed by atoms with Gasteiger partial charge in [-0.2, -0.15) is 0 Å². The topological polar surface area (TPSA) is 60.0 Å². The second-order valence-electron chi connectivity index (χ2n) is 3.91. The van der Waals surface area contributed by atoms with E-state index in [9.17, 15) is 4.79 Å². The second-order valence-corrected chi connectivity index (χ2v) is 3.91. The molecule has 1 heterocycles. The van der Waals surface area contributed by atoms with Crippen LogP contribution in [0.3, 0.4) is 0 Å². The van der Waals surface area contributed by atoms with Gasteiger partial charge in [0.2, 0.25) is 0 Å². The third-order valence-corrected chi connectivity index (χ3v) is 2.69. The predicted molar refractivity (Wildman–Crippen MR) is 53.9 cm³/mol. The van der Waals surface area contributed by atoms with Gasteiger partial charge in [0.05, 0.1) is 0 Å². The lowest BCUT2D eigenvalue weighted by molar-refractivity contribution is 0.0902. The van der Waals surface area contributed by atoms with Crippen molar-refractivity contribution < 1.29 is 4.79 Å². The quantitative estimate of drug-likeness (QED) is 0.707. The number of carbonyl (C=O) groups excluding carboxylic acids is 1. The van der Waals surface area contributed by atoms with Crippen LogP contribution in [0.25, 0.3) is 0 Å². The lowest BCUT2D eigenvalue weighted by atomic mass is 9.87. The lowest BCUT2D eigenvalue weighted by Gasteiger charge is -2.32. The van der Waals surface area contributed by atoms with E-state index < -0.39 is 0 Å². The lowest BCUT2D eigenvalue weighted by Crippen LogP contribution is -2.50. The maximum atomic E-state index is 11.7. The molecule has 0 bridgehead atoms. The Morgan fingerprint density at radius 3 is 2.86 bits per heavy atom. The van der Waals surface area contributed by atoms with Gasteiger partial charge in [-0.05, 0) is 25.0 Å². The molecule has 0 spiro atoms. The molecule has 76 valence electrons. The Morgan fingerprint density at radius 2 is 2.36 bits per heavy atom. The summed E-state index contributed by atoms with van der Waals surface area (Å²) in [6, 6.07) is 4.22. The minimum atomic E-state index is -0.00519. The maximum absolute atomic E-state index is 11.7. The molecule has 1 aromatic rings. The van der Waals surface area contributed by atoms with Crippen molar-refractivity contribution in [2.24, 2.45) is 12.8 Å². The molecule has 3 N–H and O–H groups in total. The fourth-order valence-corrected chi connectivity index (χ4v) is 1.74. The van der Waals surface area contributed by atoms with E-state index in [0.717, 1.165) is 12.8 Å². The van der Waals surface area contributed by atoms with Crippen molar-refractivity contribution in [2.75, 3.05) is 0 Å². The fraction of sp³-hybridized carbons (Fsp3) is 0.500. The molecule has 2 rings (SSSR count). The number of carbonyl (C=O) groups is 1. The summed E-state index contributed by atoms with van der Waals surface area (Å²) in [5.41, 5.74) is 6.34. The highest BCUT2D eigenvalue weighted by atomic mass is 16.2. The van der Waals surface area contributed by atoms with Crippen molar-refractivity contribution in [3.63, 3.8) is 0 Å². The normalized spacial score (nSPS) is 25.6.